The lowest BCUT2D eigenvalue weighted by Gasteiger charge is -2.06. The van der Waals surface area contributed by atoms with E-state index in [9.17, 15) is 10.1 Å². The maximum atomic E-state index is 11.0. The lowest BCUT2D eigenvalue weighted by molar-refractivity contribution is -0.384. The second-order valence-corrected chi connectivity index (χ2v) is 3.92. The van der Waals surface area contributed by atoms with Gasteiger partial charge in [0.15, 0.2) is 11.5 Å². The van der Waals surface area contributed by atoms with Crippen molar-refractivity contribution >= 4 is 17.3 Å². The van der Waals surface area contributed by atoms with Crippen molar-refractivity contribution in [1.29, 1.82) is 0 Å². The van der Waals surface area contributed by atoms with Crippen LogP contribution in [0, 0.1) is 10.1 Å². The SMILES string of the molecule is CCCn1ccnc1-c1ncnc(Cl)c1[N+](=O)[O-]. The third-order valence-electron chi connectivity index (χ3n) is 2.35. The Hall–Kier alpha value is -2.02. The molecule has 0 unspecified atom stereocenters. The number of imidazole rings is 1. The van der Waals surface area contributed by atoms with Gasteiger partial charge in [0.05, 0.1) is 4.92 Å². The Labute approximate surface area is 108 Å². The van der Waals surface area contributed by atoms with Crippen molar-refractivity contribution in [2.75, 3.05) is 0 Å². The van der Waals surface area contributed by atoms with Gasteiger partial charge in [-0.3, -0.25) is 10.1 Å². The van der Waals surface area contributed by atoms with E-state index in [1.54, 1.807) is 17.0 Å². The maximum Gasteiger partial charge on any atom is 0.335 e. The molecule has 0 atom stereocenters. The predicted molar refractivity (Wildman–Crippen MR) is 65.2 cm³/mol. The van der Waals surface area contributed by atoms with E-state index in [-0.39, 0.29) is 16.5 Å². The fourth-order valence-corrected chi connectivity index (χ4v) is 1.83. The van der Waals surface area contributed by atoms with Crippen LogP contribution in [-0.2, 0) is 6.54 Å². The molecule has 0 aliphatic carbocycles. The molecule has 8 heteroatoms. The summed E-state index contributed by atoms with van der Waals surface area (Å²) >= 11 is 5.74. The van der Waals surface area contributed by atoms with Crippen LogP contribution in [-0.4, -0.2) is 24.4 Å². The molecule has 0 N–H and O–H groups in total. The number of hydrogen-bond donors (Lipinski definition) is 0. The molecular formula is C10H10ClN5O2. The van der Waals surface area contributed by atoms with E-state index in [1.807, 2.05) is 6.92 Å². The van der Waals surface area contributed by atoms with E-state index < -0.39 is 4.92 Å². The first-order chi connectivity index (χ1) is 8.65. The van der Waals surface area contributed by atoms with Gasteiger partial charge in [0, 0.05) is 18.9 Å². The van der Waals surface area contributed by atoms with Crippen molar-refractivity contribution in [3.05, 3.63) is 34.0 Å². The normalized spacial score (nSPS) is 10.6. The van der Waals surface area contributed by atoms with Crippen LogP contribution in [0.5, 0.6) is 0 Å². The zero-order chi connectivity index (χ0) is 13.1. The van der Waals surface area contributed by atoms with Crippen LogP contribution in [0.25, 0.3) is 11.5 Å². The summed E-state index contributed by atoms with van der Waals surface area (Å²) in [5.41, 5.74) is -0.179. The van der Waals surface area contributed by atoms with Crippen LogP contribution in [0.1, 0.15) is 13.3 Å². The van der Waals surface area contributed by atoms with Gasteiger partial charge >= 0.3 is 5.69 Å². The molecule has 2 rings (SSSR count). The van der Waals surface area contributed by atoms with E-state index >= 15 is 0 Å². The summed E-state index contributed by atoms with van der Waals surface area (Å²) in [6, 6.07) is 0. The molecule has 0 spiro atoms. The number of aromatic nitrogens is 4. The summed E-state index contributed by atoms with van der Waals surface area (Å²) in [5.74, 6) is 0.424. The molecule has 94 valence electrons. The zero-order valence-electron chi connectivity index (χ0n) is 9.58. The molecule has 0 aliphatic heterocycles. The van der Waals surface area contributed by atoms with Crippen molar-refractivity contribution in [2.24, 2.45) is 0 Å². The Morgan fingerprint density at radius 3 is 2.89 bits per heavy atom. The number of halogens is 1. The maximum absolute atomic E-state index is 11.0. The Morgan fingerprint density at radius 2 is 2.22 bits per heavy atom. The van der Waals surface area contributed by atoms with Gasteiger partial charge in [-0.1, -0.05) is 18.5 Å². The molecule has 2 aromatic rings. The summed E-state index contributed by atoms with van der Waals surface area (Å²) in [6.07, 6.45) is 5.40. The molecule has 2 aromatic heterocycles. The molecule has 0 saturated heterocycles. The first-order valence-corrected chi connectivity index (χ1v) is 5.69. The average molecular weight is 268 g/mol. The second kappa shape index (κ2) is 5.09. The Morgan fingerprint density at radius 1 is 1.44 bits per heavy atom. The van der Waals surface area contributed by atoms with E-state index in [2.05, 4.69) is 15.0 Å². The smallest absolute Gasteiger partial charge is 0.329 e. The number of hydrogen-bond acceptors (Lipinski definition) is 5. The minimum absolute atomic E-state index is 0.137. The highest BCUT2D eigenvalue weighted by atomic mass is 35.5. The third-order valence-corrected chi connectivity index (χ3v) is 2.63. The van der Waals surface area contributed by atoms with Gasteiger partial charge in [0.25, 0.3) is 0 Å². The molecule has 0 radical (unpaired) electrons. The number of nitrogens with zero attached hydrogens (tertiary/aromatic N) is 5. The summed E-state index contributed by atoms with van der Waals surface area (Å²) in [5, 5.41) is 10.8. The predicted octanol–water partition coefficient (Wildman–Crippen LogP) is 2.31. The summed E-state index contributed by atoms with van der Waals surface area (Å²) in [6.45, 7) is 2.71. The lowest BCUT2D eigenvalue weighted by atomic mass is 10.3. The van der Waals surface area contributed by atoms with Crippen molar-refractivity contribution in [3.8, 4) is 11.5 Å². The molecule has 0 amide bonds. The molecule has 0 bridgehead atoms. The molecule has 0 fully saturated rings. The molecule has 7 nitrogen and oxygen atoms in total. The van der Waals surface area contributed by atoms with Crippen molar-refractivity contribution < 1.29 is 4.92 Å². The first-order valence-electron chi connectivity index (χ1n) is 5.31. The van der Waals surface area contributed by atoms with Gasteiger partial charge in [-0.05, 0) is 6.42 Å². The van der Waals surface area contributed by atoms with Gasteiger partial charge in [0.2, 0.25) is 5.15 Å². The fraction of sp³-hybridized carbons (Fsp3) is 0.300. The second-order valence-electron chi connectivity index (χ2n) is 3.56. The molecule has 0 aromatic carbocycles. The highest BCUT2D eigenvalue weighted by Gasteiger charge is 2.25. The number of nitro groups is 1. The first kappa shape index (κ1) is 12.4. The Kier molecular flexibility index (Phi) is 3.52. The molecule has 0 aliphatic rings. The van der Waals surface area contributed by atoms with Crippen LogP contribution >= 0.6 is 11.6 Å². The van der Waals surface area contributed by atoms with Crippen LogP contribution in [0.4, 0.5) is 5.69 Å². The van der Waals surface area contributed by atoms with Gasteiger partial charge < -0.3 is 4.57 Å². The molecular weight excluding hydrogens is 258 g/mol. The largest absolute Gasteiger partial charge is 0.335 e. The topological polar surface area (TPSA) is 86.7 Å². The number of aryl methyl sites for hydroxylation is 1. The van der Waals surface area contributed by atoms with Gasteiger partial charge in [0.1, 0.15) is 6.33 Å². The highest BCUT2D eigenvalue weighted by molar-refractivity contribution is 6.31. The van der Waals surface area contributed by atoms with E-state index in [4.69, 9.17) is 11.6 Å². The van der Waals surface area contributed by atoms with E-state index in [0.717, 1.165) is 6.42 Å². The highest BCUT2D eigenvalue weighted by Crippen LogP contribution is 2.31. The van der Waals surface area contributed by atoms with Crippen LogP contribution in [0.2, 0.25) is 5.15 Å². The van der Waals surface area contributed by atoms with Crippen LogP contribution in [0.15, 0.2) is 18.7 Å². The molecule has 18 heavy (non-hydrogen) atoms. The van der Waals surface area contributed by atoms with Crippen molar-refractivity contribution in [3.63, 3.8) is 0 Å². The van der Waals surface area contributed by atoms with Crippen molar-refractivity contribution in [2.45, 2.75) is 19.9 Å². The third kappa shape index (κ3) is 2.17. The standard InChI is InChI=1S/C10H10ClN5O2/c1-2-4-15-5-3-12-10(15)7-8(16(17)18)9(11)14-6-13-7/h3,5-6H,2,4H2,1H3. The summed E-state index contributed by atoms with van der Waals surface area (Å²) in [7, 11) is 0. The summed E-state index contributed by atoms with van der Waals surface area (Å²) < 4.78 is 1.80. The quantitative estimate of drug-likeness (QED) is 0.482. The fourth-order valence-electron chi connectivity index (χ4n) is 1.63. The molecule has 2 heterocycles. The summed E-state index contributed by atoms with van der Waals surface area (Å²) in [4.78, 5) is 22.1. The van der Waals surface area contributed by atoms with Crippen LogP contribution in [0.3, 0.4) is 0 Å². The van der Waals surface area contributed by atoms with E-state index in [1.165, 1.54) is 6.33 Å². The Balaban J connectivity index is 2.60. The van der Waals surface area contributed by atoms with Crippen molar-refractivity contribution in [1.82, 2.24) is 19.5 Å². The minimum atomic E-state index is -0.595. The number of rotatable bonds is 4. The average Bonchev–Trinajstić information content (AvgIpc) is 2.76. The van der Waals surface area contributed by atoms with E-state index in [0.29, 0.717) is 12.4 Å². The zero-order valence-corrected chi connectivity index (χ0v) is 10.3. The van der Waals surface area contributed by atoms with Gasteiger partial charge in [-0.15, -0.1) is 0 Å². The molecule has 0 saturated carbocycles. The lowest BCUT2D eigenvalue weighted by Crippen LogP contribution is -2.04. The Bertz CT molecular complexity index is 583. The van der Waals surface area contributed by atoms with Crippen LogP contribution < -0.4 is 0 Å². The monoisotopic (exact) mass is 267 g/mol. The van der Waals surface area contributed by atoms with Gasteiger partial charge in [-0.25, -0.2) is 15.0 Å². The minimum Gasteiger partial charge on any atom is -0.329 e. The van der Waals surface area contributed by atoms with Gasteiger partial charge in [-0.2, -0.15) is 0 Å².